The third kappa shape index (κ3) is 4.53. The lowest BCUT2D eigenvalue weighted by atomic mass is 10.1. The molecule has 0 fully saturated rings. The van der Waals surface area contributed by atoms with Gasteiger partial charge in [-0.2, -0.15) is 0 Å². The van der Waals surface area contributed by atoms with Gasteiger partial charge in [-0.05, 0) is 38.6 Å². The molecular weight excluding hydrogens is 406 g/mol. The standard InChI is InChI=1S/C21H32BrNO2Si/c1-14(2)26(15(3)4,16(5)6)11-10-18-12-19(22)21(25-9)13-20(18)23(8)17(7)24/h12-16H,1-9H3. The molecule has 26 heavy (non-hydrogen) atoms. The van der Waals surface area contributed by atoms with E-state index in [9.17, 15) is 4.79 Å². The van der Waals surface area contributed by atoms with Gasteiger partial charge in [-0.3, -0.25) is 4.79 Å². The number of benzene rings is 1. The zero-order valence-electron chi connectivity index (χ0n) is 17.5. The van der Waals surface area contributed by atoms with Crippen LogP contribution < -0.4 is 9.64 Å². The van der Waals surface area contributed by atoms with Crippen LogP contribution in [-0.4, -0.2) is 28.1 Å². The van der Waals surface area contributed by atoms with Crippen LogP contribution in [0, 0.1) is 11.5 Å². The van der Waals surface area contributed by atoms with E-state index in [0.717, 1.165) is 15.7 Å². The van der Waals surface area contributed by atoms with Crippen LogP contribution in [0.3, 0.4) is 0 Å². The summed E-state index contributed by atoms with van der Waals surface area (Å²) in [7, 11) is 1.55. The Morgan fingerprint density at radius 3 is 2.00 bits per heavy atom. The highest BCUT2D eigenvalue weighted by molar-refractivity contribution is 9.10. The number of hydrogen-bond donors (Lipinski definition) is 0. The molecule has 1 amide bonds. The molecule has 0 spiro atoms. The first-order valence-electron chi connectivity index (χ1n) is 9.13. The third-order valence-corrected chi connectivity index (χ3v) is 12.3. The van der Waals surface area contributed by atoms with Crippen LogP contribution in [0.5, 0.6) is 5.75 Å². The zero-order chi connectivity index (χ0) is 20.2. The predicted molar refractivity (Wildman–Crippen MR) is 118 cm³/mol. The summed E-state index contributed by atoms with van der Waals surface area (Å²) < 4.78 is 6.25. The number of halogens is 1. The highest BCUT2D eigenvalue weighted by Gasteiger charge is 2.41. The maximum absolute atomic E-state index is 11.9. The summed E-state index contributed by atoms with van der Waals surface area (Å²) in [4.78, 5) is 13.6. The van der Waals surface area contributed by atoms with Gasteiger partial charge in [0.1, 0.15) is 13.8 Å². The quantitative estimate of drug-likeness (QED) is 0.416. The van der Waals surface area contributed by atoms with Gasteiger partial charge >= 0.3 is 0 Å². The monoisotopic (exact) mass is 437 g/mol. The van der Waals surface area contributed by atoms with Gasteiger partial charge in [0, 0.05) is 25.6 Å². The van der Waals surface area contributed by atoms with Crippen molar-refractivity contribution in [1.82, 2.24) is 0 Å². The van der Waals surface area contributed by atoms with Crippen LogP contribution in [0.25, 0.3) is 0 Å². The summed E-state index contributed by atoms with van der Waals surface area (Å²) in [6, 6.07) is 3.83. The van der Waals surface area contributed by atoms with Crippen molar-refractivity contribution >= 4 is 35.6 Å². The van der Waals surface area contributed by atoms with Crippen molar-refractivity contribution in [3.8, 4) is 17.2 Å². The Bertz CT molecular complexity index is 695. The van der Waals surface area contributed by atoms with Crippen LogP contribution in [0.15, 0.2) is 16.6 Å². The molecule has 1 aromatic carbocycles. The number of nitrogens with zero attached hydrogens (tertiary/aromatic N) is 1. The summed E-state index contributed by atoms with van der Waals surface area (Å²) in [5.74, 6) is 4.12. The van der Waals surface area contributed by atoms with Crippen LogP contribution >= 0.6 is 15.9 Å². The van der Waals surface area contributed by atoms with Gasteiger partial charge in [0.15, 0.2) is 0 Å². The van der Waals surface area contributed by atoms with Crippen molar-refractivity contribution < 1.29 is 9.53 Å². The minimum Gasteiger partial charge on any atom is -0.495 e. The van der Waals surface area contributed by atoms with Crippen LogP contribution in [0.4, 0.5) is 5.69 Å². The number of methoxy groups -OCH3 is 1. The van der Waals surface area contributed by atoms with Crippen molar-refractivity contribution in [3.05, 3.63) is 22.2 Å². The lowest BCUT2D eigenvalue weighted by Crippen LogP contribution is -2.43. The van der Waals surface area contributed by atoms with E-state index in [1.54, 1.807) is 26.0 Å². The fraction of sp³-hybridized carbons (Fsp3) is 0.571. The maximum Gasteiger partial charge on any atom is 0.223 e. The number of hydrogen-bond acceptors (Lipinski definition) is 2. The molecule has 0 aliphatic carbocycles. The van der Waals surface area contributed by atoms with Crippen molar-refractivity contribution in [3.63, 3.8) is 0 Å². The predicted octanol–water partition coefficient (Wildman–Crippen LogP) is 6.01. The third-order valence-electron chi connectivity index (χ3n) is 5.38. The lowest BCUT2D eigenvalue weighted by molar-refractivity contribution is -0.116. The fourth-order valence-electron chi connectivity index (χ4n) is 3.85. The molecule has 0 saturated carbocycles. The first kappa shape index (κ1) is 22.8. The van der Waals surface area contributed by atoms with E-state index >= 15 is 0 Å². The Balaban J connectivity index is 3.65. The molecule has 1 aromatic rings. The summed E-state index contributed by atoms with van der Waals surface area (Å²) in [6.07, 6.45) is 0. The molecule has 1 rings (SSSR count). The van der Waals surface area contributed by atoms with E-state index in [1.165, 1.54) is 0 Å². The average Bonchev–Trinajstić information content (AvgIpc) is 2.53. The topological polar surface area (TPSA) is 29.5 Å². The molecule has 0 unspecified atom stereocenters. The van der Waals surface area contributed by atoms with Gasteiger partial charge in [-0.25, -0.2) is 0 Å². The van der Waals surface area contributed by atoms with Gasteiger partial charge in [0.25, 0.3) is 0 Å². The first-order chi connectivity index (χ1) is 12.0. The number of carbonyl (C=O) groups is 1. The Kier molecular flexibility index (Phi) is 7.97. The smallest absolute Gasteiger partial charge is 0.223 e. The van der Waals surface area contributed by atoms with Crippen molar-refractivity contribution in [2.45, 2.75) is 65.1 Å². The Morgan fingerprint density at radius 1 is 1.12 bits per heavy atom. The fourth-order valence-corrected chi connectivity index (χ4v) is 9.58. The molecule has 0 aromatic heterocycles. The number of amides is 1. The van der Waals surface area contributed by atoms with Crippen molar-refractivity contribution in [1.29, 1.82) is 0 Å². The molecule has 0 radical (unpaired) electrons. The summed E-state index contributed by atoms with van der Waals surface area (Å²) >= 11 is 3.55. The highest BCUT2D eigenvalue weighted by Crippen LogP contribution is 2.41. The van der Waals surface area contributed by atoms with Crippen LogP contribution in [-0.2, 0) is 4.79 Å². The first-order valence-corrected chi connectivity index (χ1v) is 12.2. The summed E-state index contributed by atoms with van der Waals surface area (Å²) in [6.45, 7) is 15.4. The van der Waals surface area contributed by atoms with Gasteiger partial charge in [0.2, 0.25) is 5.91 Å². The minimum atomic E-state index is -1.85. The lowest BCUT2D eigenvalue weighted by Gasteiger charge is -2.38. The SMILES string of the molecule is COc1cc(N(C)C(C)=O)c(C#C[Si](C(C)C)(C(C)C)C(C)C)cc1Br. The second-order valence-electron chi connectivity index (χ2n) is 7.73. The highest BCUT2D eigenvalue weighted by atomic mass is 79.9. The van der Waals surface area contributed by atoms with E-state index in [4.69, 9.17) is 4.74 Å². The number of ether oxygens (including phenoxy) is 1. The van der Waals surface area contributed by atoms with E-state index < -0.39 is 8.07 Å². The number of anilines is 1. The molecule has 0 saturated heterocycles. The second kappa shape index (κ2) is 9.10. The van der Waals surface area contributed by atoms with Gasteiger partial charge < -0.3 is 9.64 Å². The Labute approximate surface area is 168 Å². The molecule has 0 heterocycles. The van der Waals surface area contributed by atoms with E-state index in [-0.39, 0.29) is 5.91 Å². The van der Waals surface area contributed by atoms with E-state index in [0.29, 0.717) is 22.4 Å². The average molecular weight is 438 g/mol. The molecule has 144 valence electrons. The number of rotatable bonds is 5. The molecule has 0 atom stereocenters. The van der Waals surface area contributed by atoms with E-state index in [2.05, 4.69) is 68.9 Å². The normalized spacial score (nSPS) is 11.6. The molecule has 5 heteroatoms. The Hall–Kier alpha value is -1.25. The van der Waals surface area contributed by atoms with Gasteiger partial charge in [0.05, 0.1) is 17.3 Å². The molecular formula is C21H32BrNO2Si. The van der Waals surface area contributed by atoms with Crippen molar-refractivity contribution in [2.75, 3.05) is 19.1 Å². The molecule has 0 bridgehead atoms. The van der Waals surface area contributed by atoms with Crippen molar-refractivity contribution in [2.24, 2.45) is 0 Å². The second-order valence-corrected chi connectivity index (χ2v) is 14.2. The zero-order valence-corrected chi connectivity index (χ0v) is 20.1. The van der Waals surface area contributed by atoms with Gasteiger partial charge in [-0.1, -0.05) is 47.5 Å². The van der Waals surface area contributed by atoms with E-state index in [1.807, 2.05) is 12.1 Å². The number of carbonyl (C=O) groups excluding carboxylic acids is 1. The molecule has 0 aliphatic rings. The largest absolute Gasteiger partial charge is 0.495 e. The molecule has 0 aliphatic heterocycles. The Morgan fingerprint density at radius 2 is 1.62 bits per heavy atom. The molecule has 0 N–H and O–H groups in total. The minimum absolute atomic E-state index is 0.0301. The van der Waals surface area contributed by atoms with Gasteiger partial charge in [-0.15, -0.1) is 5.54 Å². The van der Waals surface area contributed by atoms with Crippen LogP contribution in [0.1, 0.15) is 54.0 Å². The summed E-state index contributed by atoms with van der Waals surface area (Å²) in [5, 5.41) is 0. The van der Waals surface area contributed by atoms with Crippen LogP contribution in [0.2, 0.25) is 16.6 Å². The maximum atomic E-state index is 11.9. The molecule has 3 nitrogen and oxygen atoms in total. The summed E-state index contributed by atoms with van der Waals surface area (Å²) in [5.41, 5.74) is 7.06.